The van der Waals surface area contributed by atoms with Crippen molar-refractivity contribution in [3.05, 3.63) is 65.0 Å². The summed E-state index contributed by atoms with van der Waals surface area (Å²) < 4.78 is 32.7. The summed E-state index contributed by atoms with van der Waals surface area (Å²) >= 11 is 0. The van der Waals surface area contributed by atoms with Crippen molar-refractivity contribution < 1.29 is 12.9 Å². The van der Waals surface area contributed by atoms with Crippen LogP contribution < -0.4 is 4.72 Å². The molecule has 1 N–H and O–H groups in total. The summed E-state index contributed by atoms with van der Waals surface area (Å²) in [5, 5.41) is 3.98. The van der Waals surface area contributed by atoms with Crippen LogP contribution in [-0.2, 0) is 16.4 Å². The molecule has 136 valence electrons. The molecule has 1 heterocycles. The van der Waals surface area contributed by atoms with Gasteiger partial charge in [-0.05, 0) is 38.0 Å². The second-order valence-electron chi connectivity index (χ2n) is 6.24. The van der Waals surface area contributed by atoms with E-state index < -0.39 is 10.0 Å². The Morgan fingerprint density at radius 2 is 1.81 bits per heavy atom. The predicted molar refractivity (Wildman–Crippen MR) is 99.3 cm³/mol. The van der Waals surface area contributed by atoms with Crippen LogP contribution in [0.4, 0.5) is 0 Å². The lowest BCUT2D eigenvalue weighted by Crippen LogP contribution is -2.26. The molecule has 7 heteroatoms. The maximum absolute atomic E-state index is 12.4. The number of nitrogens with one attached hydrogen (secondary N) is 1. The van der Waals surface area contributed by atoms with Gasteiger partial charge < -0.3 is 4.52 Å². The van der Waals surface area contributed by atoms with Gasteiger partial charge in [-0.1, -0.05) is 47.1 Å². The Hall–Kier alpha value is -2.51. The molecule has 0 radical (unpaired) electrons. The lowest BCUT2D eigenvalue weighted by molar-refractivity contribution is 0.379. The molecular weight excluding hydrogens is 350 g/mol. The van der Waals surface area contributed by atoms with E-state index in [1.54, 1.807) is 19.1 Å². The fraction of sp³-hybridized carbons (Fsp3) is 0.263. The molecule has 1 aromatic heterocycles. The van der Waals surface area contributed by atoms with Crippen LogP contribution in [0, 0.1) is 20.8 Å². The summed E-state index contributed by atoms with van der Waals surface area (Å²) in [5.41, 5.74) is 3.70. The van der Waals surface area contributed by atoms with E-state index in [-0.39, 0.29) is 11.4 Å². The number of hydrogen-bond acceptors (Lipinski definition) is 5. The molecule has 0 aliphatic carbocycles. The third kappa shape index (κ3) is 4.00. The molecule has 3 aromatic rings. The van der Waals surface area contributed by atoms with E-state index in [0.29, 0.717) is 18.1 Å². The van der Waals surface area contributed by atoms with Gasteiger partial charge in [-0.3, -0.25) is 0 Å². The largest absolute Gasteiger partial charge is 0.339 e. The van der Waals surface area contributed by atoms with Crippen molar-refractivity contribution in [3.8, 4) is 11.4 Å². The smallest absolute Gasteiger partial charge is 0.240 e. The Kier molecular flexibility index (Phi) is 5.20. The average molecular weight is 371 g/mol. The zero-order valence-electron chi connectivity index (χ0n) is 15.0. The molecular formula is C19H21N3O3S. The standard InChI is InChI=1S/C19H21N3O3S/c1-13-8-9-17(15(3)12-13)26(23,24)20-11-10-18-21-19(22-25-18)16-7-5-4-6-14(16)2/h4-9,12,20H,10-11H2,1-3H3. The second kappa shape index (κ2) is 7.39. The Morgan fingerprint density at radius 3 is 2.54 bits per heavy atom. The van der Waals surface area contributed by atoms with Crippen LogP contribution in [0.25, 0.3) is 11.4 Å². The second-order valence-corrected chi connectivity index (χ2v) is 7.98. The molecule has 0 atom stereocenters. The van der Waals surface area contributed by atoms with E-state index in [9.17, 15) is 8.42 Å². The third-order valence-electron chi connectivity index (χ3n) is 4.10. The molecule has 0 fully saturated rings. The highest BCUT2D eigenvalue weighted by Gasteiger charge is 2.17. The maximum atomic E-state index is 12.4. The van der Waals surface area contributed by atoms with Crippen LogP contribution in [-0.4, -0.2) is 25.1 Å². The Bertz CT molecular complexity index is 1030. The molecule has 6 nitrogen and oxygen atoms in total. The lowest BCUT2D eigenvalue weighted by atomic mass is 10.1. The summed E-state index contributed by atoms with van der Waals surface area (Å²) in [7, 11) is -3.57. The zero-order valence-corrected chi connectivity index (χ0v) is 15.8. The van der Waals surface area contributed by atoms with Gasteiger partial charge in [0.1, 0.15) is 0 Å². The van der Waals surface area contributed by atoms with Crippen LogP contribution in [0.15, 0.2) is 51.9 Å². The summed E-state index contributed by atoms with van der Waals surface area (Å²) in [6, 6.07) is 13.0. The van der Waals surface area contributed by atoms with Gasteiger partial charge in [0.15, 0.2) is 0 Å². The molecule has 0 aliphatic rings. The number of aryl methyl sites for hydroxylation is 3. The van der Waals surface area contributed by atoms with Crippen molar-refractivity contribution in [1.29, 1.82) is 0 Å². The van der Waals surface area contributed by atoms with Crippen LogP contribution >= 0.6 is 0 Å². The first-order valence-electron chi connectivity index (χ1n) is 8.32. The first-order chi connectivity index (χ1) is 12.4. The first kappa shape index (κ1) is 18.3. The van der Waals surface area contributed by atoms with Crippen LogP contribution in [0.1, 0.15) is 22.6 Å². The average Bonchev–Trinajstić information content (AvgIpc) is 3.03. The molecule has 2 aromatic carbocycles. The summed E-state index contributed by atoms with van der Waals surface area (Å²) in [6.45, 7) is 5.88. The molecule has 0 bridgehead atoms. The first-order valence-corrected chi connectivity index (χ1v) is 9.80. The van der Waals surface area contributed by atoms with Gasteiger partial charge in [-0.15, -0.1) is 0 Å². The van der Waals surface area contributed by atoms with Crippen LogP contribution in [0.5, 0.6) is 0 Å². The fourth-order valence-electron chi connectivity index (χ4n) is 2.76. The summed E-state index contributed by atoms with van der Waals surface area (Å²) in [4.78, 5) is 4.64. The van der Waals surface area contributed by atoms with E-state index >= 15 is 0 Å². The SMILES string of the molecule is Cc1ccc(S(=O)(=O)NCCc2nc(-c3ccccc3C)no2)c(C)c1. The molecule has 0 aliphatic heterocycles. The van der Waals surface area contributed by atoms with E-state index in [4.69, 9.17) is 4.52 Å². The number of rotatable bonds is 6. The van der Waals surface area contributed by atoms with E-state index in [2.05, 4.69) is 14.9 Å². The van der Waals surface area contributed by atoms with Crippen molar-refractivity contribution in [1.82, 2.24) is 14.9 Å². The third-order valence-corrected chi connectivity index (χ3v) is 5.73. The van der Waals surface area contributed by atoms with E-state index in [0.717, 1.165) is 22.3 Å². The molecule has 0 spiro atoms. The normalized spacial score (nSPS) is 11.7. The minimum Gasteiger partial charge on any atom is -0.339 e. The molecule has 0 saturated heterocycles. The minimum atomic E-state index is -3.57. The van der Waals surface area contributed by atoms with Gasteiger partial charge >= 0.3 is 0 Å². The Balaban J connectivity index is 1.66. The fourth-order valence-corrected chi connectivity index (χ4v) is 4.02. The number of benzene rings is 2. The van der Waals surface area contributed by atoms with Gasteiger partial charge in [-0.25, -0.2) is 13.1 Å². The predicted octanol–water partition coefficient (Wildman–Crippen LogP) is 3.18. The molecule has 0 amide bonds. The van der Waals surface area contributed by atoms with Crippen molar-refractivity contribution in [2.75, 3.05) is 6.54 Å². The Morgan fingerprint density at radius 1 is 1.04 bits per heavy atom. The number of nitrogens with zero attached hydrogens (tertiary/aromatic N) is 2. The van der Waals surface area contributed by atoms with Gasteiger partial charge in [0.2, 0.25) is 21.7 Å². The van der Waals surface area contributed by atoms with E-state index in [1.165, 1.54) is 0 Å². The van der Waals surface area contributed by atoms with Gasteiger partial charge in [0, 0.05) is 18.5 Å². The number of sulfonamides is 1. The molecule has 0 unspecified atom stereocenters. The highest BCUT2D eigenvalue weighted by Crippen LogP contribution is 2.20. The van der Waals surface area contributed by atoms with Crippen LogP contribution in [0.2, 0.25) is 0 Å². The molecule has 26 heavy (non-hydrogen) atoms. The monoisotopic (exact) mass is 371 g/mol. The van der Waals surface area contributed by atoms with Crippen molar-refractivity contribution in [2.45, 2.75) is 32.1 Å². The quantitative estimate of drug-likeness (QED) is 0.719. The van der Waals surface area contributed by atoms with Crippen molar-refractivity contribution in [3.63, 3.8) is 0 Å². The zero-order chi connectivity index (χ0) is 18.7. The number of hydrogen-bond donors (Lipinski definition) is 1. The van der Waals surface area contributed by atoms with E-state index in [1.807, 2.05) is 44.2 Å². The van der Waals surface area contributed by atoms with Gasteiger partial charge in [0.05, 0.1) is 4.90 Å². The summed E-state index contributed by atoms with van der Waals surface area (Å²) in [6.07, 6.45) is 0.322. The van der Waals surface area contributed by atoms with Crippen LogP contribution in [0.3, 0.4) is 0 Å². The topological polar surface area (TPSA) is 85.1 Å². The lowest BCUT2D eigenvalue weighted by Gasteiger charge is -2.09. The number of aromatic nitrogens is 2. The van der Waals surface area contributed by atoms with Gasteiger partial charge in [-0.2, -0.15) is 4.98 Å². The minimum absolute atomic E-state index is 0.186. The highest BCUT2D eigenvalue weighted by atomic mass is 32.2. The van der Waals surface area contributed by atoms with Crippen molar-refractivity contribution in [2.24, 2.45) is 0 Å². The van der Waals surface area contributed by atoms with Gasteiger partial charge in [0.25, 0.3) is 0 Å². The maximum Gasteiger partial charge on any atom is 0.240 e. The molecule has 0 saturated carbocycles. The highest BCUT2D eigenvalue weighted by molar-refractivity contribution is 7.89. The summed E-state index contributed by atoms with van der Waals surface area (Å²) in [5.74, 6) is 0.905. The molecule has 3 rings (SSSR count). The Labute approximate surface area is 153 Å². The van der Waals surface area contributed by atoms with Crippen molar-refractivity contribution >= 4 is 10.0 Å².